The smallest absolute Gasteiger partial charge is 0.407 e. The largest absolute Gasteiger partial charge is 0.497 e. The van der Waals surface area contributed by atoms with Gasteiger partial charge in [-0.1, -0.05) is 40.0 Å². The van der Waals surface area contributed by atoms with Crippen LogP contribution in [0.2, 0.25) is 0 Å². The zero-order chi connectivity index (χ0) is 59.7. The van der Waals surface area contributed by atoms with Crippen molar-refractivity contribution in [2.24, 2.45) is 29.4 Å². The first-order valence-electron chi connectivity index (χ1n) is 27.4. The molecule has 1 unspecified atom stereocenters. The van der Waals surface area contributed by atoms with Gasteiger partial charge in [0.05, 0.1) is 61.0 Å². The molecule has 3 aliphatic rings. The molecule has 12 N–H and O–H groups in total. The van der Waals surface area contributed by atoms with E-state index in [1.54, 1.807) is 52.8 Å². The molecule has 9 amide bonds. The lowest BCUT2D eigenvalue weighted by molar-refractivity contribution is -0.145. The Morgan fingerprint density at radius 1 is 0.840 bits per heavy atom. The van der Waals surface area contributed by atoms with Gasteiger partial charge in [-0.15, -0.1) is 11.8 Å². The number of aliphatic hydroxyl groups is 2. The van der Waals surface area contributed by atoms with Gasteiger partial charge in [0.2, 0.25) is 41.4 Å². The highest BCUT2D eigenvalue weighted by atomic mass is 32.2. The van der Waals surface area contributed by atoms with Crippen LogP contribution in [0, 0.1) is 23.7 Å². The molecular formula is C54H80N10O16S. The molecule has 1 aromatic heterocycles. The summed E-state index contributed by atoms with van der Waals surface area (Å²) in [5.41, 5.74) is 5.98. The minimum atomic E-state index is -1.68. The van der Waals surface area contributed by atoms with Crippen LogP contribution in [0.25, 0.3) is 10.9 Å². The molecule has 0 radical (unpaired) electrons. The normalized spacial score (nSPS) is 24.2. The first-order chi connectivity index (χ1) is 38.3. The molecule has 3 aliphatic heterocycles. The van der Waals surface area contributed by atoms with E-state index in [9.17, 15) is 58.2 Å². The number of benzene rings is 1. The van der Waals surface area contributed by atoms with Crippen molar-refractivity contribution in [2.75, 3.05) is 52.2 Å². The number of aromatic nitrogens is 1. The number of unbranched alkanes of at least 4 members (excludes halogenated alkanes) is 3. The van der Waals surface area contributed by atoms with Crippen molar-refractivity contribution in [3.8, 4) is 5.75 Å². The van der Waals surface area contributed by atoms with Crippen LogP contribution in [0.1, 0.15) is 105 Å². The van der Waals surface area contributed by atoms with Crippen LogP contribution in [0.15, 0.2) is 23.2 Å². The van der Waals surface area contributed by atoms with Crippen LogP contribution in [-0.4, -0.2) is 179 Å². The lowest BCUT2D eigenvalue weighted by Gasteiger charge is -2.32. The second-order valence-electron chi connectivity index (χ2n) is 21.9. The number of ketones is 2. The number of carbonyl (C=O) groups excluding carboxylic acids is 11. The minimum absolute atomic E-state index is 0.207. The third-order valence-corrected chi connectivity index (χ3v) is 15.6. The molecule has 448 valence electrons. The van der Waals surface area contributed by atoms with Crippen LogP contribution >= 0.6 is 11.8 Å². The predicted octanol–water partition coefficient (Wildman–Crippen LogP) is 0.368. The Hall–Kier alpha value is -7.00. The number of primary amides is 1. The molecule has 0 spiro atoms. The van der Waals surface area contributed by atoms with E-state index in [4.69, 9.17) is 19.9 Å². The van der Waals surface area contributed by atoms with Crippen molar-refractivity contribution >= 4 is 87.8 Å². The third kappa shape index (κ3) is 19.3. The van der Waals surface area contributed by atoms with Crippen molar-refractivity contribution in [1.82, 2.24) is 47.1 Å². The van der Waals surface area contributed by atoms with Crippen LogP contribution in [0.5, 0.6) is 5.75 Å². The molecule has 1 fully saturated rings. The summed E-state index contributed by atoms with van der Waals surface area (Å²) in [6, 6.07) is -0.737. The number of alkyl carbamates (subject to hydrolysis) is 2. The number of ether oxygens (including phenoxy) is 3. The number of thioether (sulfide) groups is 1. The summed E-state index contributed by atoms with van der Waals surface area (Å²) in [6.45, 7) is 8.35. The molecule has 0 aliphatic carbocycles. The van der Waals surface area contributed by atoms with Crippen LogP contribution < -0.4 is 47.7 Å². The first-order valence-corrected chi connectivity index (χ1v) is 28.4. The Bertz CT molecular complexity index is 2630. The van der Waals surface area contributed by atoms with Crippen molar-refractivity contribution in [1.29, 1.82) is 0 Å². The summed E-state index contributed by atoms with van der Waals surface area (Å²) >= 11 is 1.05. The number of methoxy groups -OCH3 is 1. The number of hydrogen-bond donors (Lipinski definition) is 11. The van der Waals surface area contributed by atoms with Gasteiger partial charge in [0.1, 0.15) is 30.0 Å². The van der Waals surface area contributed by atoms with Gasteiger partial charge in [0.25, 0.3) is 0 Å². The van der Waals surface area contributed by atoms with E-state index in [1.807, 2.05) is 0 Å². The molecule has 26 nitrogen and oxygen atoms in total. The Morgan fingerprint density at radius 2 is 1.49 bits per heavy atom. The Balaban J connectivity index is 1.52. The van der Waals surface area contributed by atoms with Crippen molar-refractivity contribution in [3.63, 3.8) is 0 Å². The van der Waals surface area contributed by atoms with E-state index < -0.39 is 176 Å². The van der Waals surface area contributed by atoms with E-state index in [-0.39, 0.29) is 25.1 Å². The van der Waals surface area contributed by atoms with E-state index >= 15 is 4.79 Å². The highest BCUT2D eigenvalue weighted by molar-refractivity contribution is 7.99. The second-order valence-corrected chi connectivity index (χ2v) is 23.0. The molecule has 4 heterocycles. The number of nitrogens with one attached hydrogen (secondary N) is 8. The summed E-state index contributed by atoms with van der Waals surface area (Å²) in [4.78, 5) is 156. The van der Waals surface area contributed by atoms with Gasteiger partial charge in [-0.05, 0) is 63.6 Å². The van der Waals surface area contributed by atoms with Gasteiger partial charge in [-0.3, -0.25) is 43.2 Å². The number of Topliss-reactive ketones (excluding diaryl/α,β-unsaturated/α-hetero) is 2. The molecule has 1 aromatic carbocycles. The van der Waals surface area contributed by atoms with Gasteiger partial charge >= 0.3 is 12.2 Å². The molecule has 10 atom stereocenters. The van der Waals surface area contributed by atoms with E-state index in [0.717, 1.165) is 23.1 Å². The molecule has 2 bridgehead atoms. The Labute approximate surface area is 474 Å². The number of hydrogen-bond acceptors (Lipinski definition) is 17. The lowest BCUT2D eigenvalue weighted by Crippen LogP contribution is -2.56. The summed E-state index contributed by atoms with van der Waals surface area (Å²) in [6.07, 6.45) is -3.93. The number of nitrogens with zero attached hydrogens (tertiary/aromatic N) is 1. The zero-order valence-corrected chi connectivity index (χ0v) is 47.9. The maximum atomic E-state index is 15.1. The van der Waals surface area contributed by atoms with E-state index in [0.29, 0.717) is 59.5 Å². The highest BCUT2D eigenvalue weighted by Crippen LogP contribution is 2.36. The van der Waals surface area contributed by atoms with Crippen LogP contribution in [-0.2, 0) is 59.0 Å². The average molecular weight is 1160 g/mol. The van der Waals surface area contributed by atoms with Gasteiger partial charge in [-0.25, -0.2) is 9.59 Å². The number of amides is 9. The fourth-order valence-electron chi connectivity index (χ4n) is 9.73. The third-order valence-electron chi connectivity index (χ3n) is 14.4. The maximum absolute atomic E-state index is 15.1. The second kappa shape index (κ2) is 30.2. The van der Waals surface area contributed by atoms with Crippen molar-refractivity contribution in [2.45, 2.75) is 153 Å². The summed E-state index contributed by atoms with van der Waals surface area (Å²) < 4.78 is 16.1. The van der Waals surface area contributed by atoms with Gasteiger partial charge in [0.15, 0.2) is 11.6 Å². The van der Waals surface area contributed by atoms with Crippen LogP contribution in [0.4, 0.5) is 9.59 Å². The van der Waals surface area contributed by atoms with Gasteiger partial charge in [-0.2, -0.15) is 0 Å². The number of H-pyrrole nitrogens is 1. The van der Waals surface area contributed by atoms with Crippen molar-refractivity contribution < 1.29 is 77.2 Å². The van der Waals surface area contributed by atoms with Crippen LogP contribution in [0.3, 0.4) is 0 Å². The van der Waals surface area contributed by atoms with E-state index in [1.165, 1.54) is 14.0 Å². The molecule has 2 aromatic rings. The fourth-order valence-corrected chi connectivity index (χ4v) is 10.9. The lowest BCUT2D eigenvalue weighted by atomic mass is 9.85. The molecule has 5 rings (SSSR count). The highest BCUT2D eigenvalue weighted by Gasteiger charge is 2.45. The van der Waals surface area contributed by atoms with Gasteiger partial charge in [0, 0.05) is 74.4 Å². The number of rotatable bonds is 16. The van der Waals surface area contributed by atoms with Crippen molar-refractivity contribution in [3.05, 3.63) is 23.8 Å². The standard InChI is InChI=1S/C54H80N10O16S/c1-8-28(2)45-49(74)59-23-43(70)60-37-27-81-50-35(34-14-13-33(78-7)22-36(34)61-50)17-30(47(72)58-24-44(71)62-45)18-40(67)46(63-48(73)38-21-32(65)25-64(38)51(75)31(19-39(37)66)20-42(55)69)29(3)41(68)26-79-52(76)56-15-11-9-10-12-16-57-53(77)80-54(4,5)6/h13-14,22,28-32,37-38,41,45-46,61,65,68H,8-12,15-21,23-27H2,1-7H3,(H2,55,69)(H,56,76)(H,57,77)(H,58,72)(H,59,74)(H,60,70)(H,62,71)(H,63,73)/t28-,29-,30+,31-,32+,37-,38?,41-,45-,46+/m0/s1. The summed E-state index contributed by atoms with van der Waals surface area (Å²) in [5.74, 6) is -12.0. The fraction of sp³-hybridized carbons (Fsp3) is 0.648. The Morgan fingerprint density at radius 3 is 2.14 bits per heavy atom. The molecule has 1 saturated heterocycles. The number of fused-ring (bicyclic) bond motifs is 5. The van der Waals surface area contributed by atoms with E-state index in [2.05, 4.69) is 42.2 Å². The average Bonchev–Trinajstić information content (AvgIpc) is 3.98. The number of aromatic amines is 1. The number of aliphatic hydroxyl groups excluding tert-OH is 2. The SMILES string of the molecule is CC[C@H](C)[C@@H]1NC(=O)CNC(=O)[C@H]2CC(=O)[C@@H]([C@@H](C)[C@@H](O)COC(=O)NCCCCCCNC(=O)OC(C)(C)C)NC(=O)C3C[C@@H](O)CN3C(=O)[C@H](CC(N)=O)CC(=O)[C@H](CSc3[nH]c4cc(OC)ccc4c3C2)NC(=O)CNC1=O. The molecule has 81 heavy (non-hydrogen) atoms. The zero-order valence-electron chi connectivity index (χ0n) is 47.1. The Kier molecular flexibility index (Phi) is 24.1. The maximum Gasteiger partial charge on any atom is 0.407 e. The molecule has 27 heteroatoms. The number of carbonyl (C=O) groups is 11. The topological polar surface area (TPSA) is 385 Å². The van der Waals surface area contributed by atoms with Gasteiger partial charge < -0.3 is 77.3 Å². The molecule has 0 saturated carbocycles. The monoisotopic (exact) mass is 1160 g/mol. The molecular weight excluding hydrogens is 1080 g/mol. The first kappa shape index (κ1) is 64.8. The quantitative estimate of drug-likeness (QED) is 0.101. The number of nitrogens with two attached hydrogens (primary N) is 1. The minimum Gasteiger partial charge on any atom is -0.497 e. The summed E-state index contributed by atoms with van der Waals surface area (Å²) in [7, 11) is 1.46. The summed E-state index contributed by atoms with van der Waals surface area (Å²) in [5, 5.41) is 41.8. The predicted molar refractivity (Wildman–Crippen MR) is 294 cm³/mol.